The number of nitro groups is 1. The number of aliphatic hydroxyl groups is 1. The molecular formula is C13H18N2O5S. The molecule has 0 aromatic heterocycles. The normalized spacial score (nSPS) is 22.5. The van der Waals surface area contributed by atoms with Crippen molar-refractivity contribution in [3.8, 4) is 0 Å². The summed E-state index contributed by atoms with van der Waals surface area (Å²) in [5.74, 6) is 0.191. The summed E-state index contributed by atoms with van der Waals surface area (Å²) in [6.07, 6.45) is 1.75. The van der Waals surface area contributed by atoms with E-state index in [1.54, 1.807) is 4.90 Å². The van der Waals surface area contributed by atoms with E-state index < -0.39 is 20.4 Å². The van der Waals surface area contributed by atoms with Crippen LogP contribution in [-0.2, 0) is 9.84 Å². The number of sulfone groups is 1. The average molecular weight is 314 g/mol. The fourth-order valence-corrected chi connectivity index (χ4v) is 3.67. The Morgan fingerprint density at radius 2 is 2.14 bits per heavy atom. The van der Waals surface area contributed by atoms with Crippen molar-refractivity contribution in [2.45, 2.75) is 24.3 Å². The first kappa shape index (κ1) is 15.7. The molecule has 1 fully saturated rings. The Labute approximate surface area is 123 Å². The quantitative estimate of drug-likeness (QED) is 0.662. The van der Waals surface area contributed by atoms with Gasteiger partial charge in [0.25, 0.3) is 0 Å². The molecule has 0 spiro atoms. The highest BCUT2D eigenvalue weighted by Crippen LogP contribution is 2.39. The van der Waals surface area contributed by atoms with E-state index in [2.05, 4.69) is 0 Å². The van der Waals surface area contributed by atoms with E-state index in [0.717, 1.165) is 12.7 Å². The van der Waals surface area contributed by atoms with Gasteiger partial charge in [0, 0.05) is 12.8 Å². The molecule has 8 heteroatoms. The van der Waals surface area contributed by atoms with Crippen molar-refractivity contribution < 1.29 is 18.4 Å². The number of rotatable bonds is 4. The summed E-state index contributed by atoms with van der Waals surface area (Å²) in [4.78, 5) is 12.2. The molecule has 0 radical (unpaired) electrons. The average Bonchev–Trinajstić information content (AvgIpc) is 2.77. The van der Waals surface area contributed by atoms with Crippen LogP contribution >= 0.6 is 0 Å². The molecule has 1 aliphatic heterocycles. The number of aliphatic hydroxyl groups excluding tert-OH is 1. The lowest BCUT2D eigenvalue weighted by Crippen LogP contribution is -2.35. The van der Waals surface area contributed by atoms with E-state index in [1.807, 2.05) is 6.92 Å². The number of benzene rings is 1. The van der Waals surface area contributed by atoms with E-state index in [0.29, 0.717) is 6.54 Å². The predicted octanol–water partition coefficient (Wildman–Crippen LogP) is 1.21. The van der Waals surface area contributed by atoms with Gasteiger partial charge in [0.2, 0.25) is 0 Å². The molecule has 0 aliphatic carbocycles. The van der Waals surface area contributed by atoms with Crippen LogP contribution in [0.25, 0.3) is 0 Å². The lowest BCUT2D eigenvalue weighted by molar-refractivity contribution is -0.387. The summed E-state index contributed by atoms with van der Waals surface area (Å²) in [6, 6.07) is 4.03. The Bertz CT molecular complexity index is 659. The third-order valence-electron chi connectivity index (χ3n) is 3.94. The zero-order valence-electron chi connectivity index (χ0n) is 11.9. The van der Waals surface area contributed by atoms with Gasteiger partial charge >= 0.3 is 5.69 Å². The maximum Gasteiger partial charge on any atom is 0.311 e. The zero-order chi connectivity index (χ0) is 15.8. The van der Waals surface area contributed by atoms with E-state index in [4.69, 9.17) is 0 Å². The van der Waals surface area contributed by atoms with E-state index in [1.165, 1.54) is 18.2 Å². The number of para-hydroxylation sites is 1. The molecule has 116 valence electrons. The number of hydrogen-bond acceptors (Lipinski definition) is 6. The van der Waals surface area contributed by atoms with Gasteiger partial charge in [-0.15, -0.1) is 0 Å². The fraction of sp³-hybridized carbons (Fsp3) is 0.538. The van der Waals surface area contributed by atoms with Crippen LogP contribution in [0.3, 0.4) is 0 Å². The number of nitrogens with zero attached hydrogens (tertiary/aromatic N) is 2. The lowest BCUT2D eigenvalue weighted by atomic mass is 10.0. The number of nitro benzene ring substituents is 1. The van der Waals surface area contributed by atoms with Gasteiger partial charge in [-0.25, -0.2) is 8.42 Å². The third kappa shape index (κ3) is 2.86. The summed E-state index contributed by atoms with van der Waals surface area (Å²) in [7, 11) is -3.70. The van der Waals surface area contributed by atoms with Gasteiger partial charge in [0.1, 0.15) is 10.6 Å². The highest BCUT2D eigenvalue weighted by Gasteiger charge is 2.36. The monoisotopic (exact) mass is 314 g/mol. The van der Waals surface area contributed by atoms with Gasteiger partial charge in [-0.05, 0) is 24.5 Å². The summed E-state index contributed by atoms with van der Waals surface area (Å²) in [5, 5.41) is 20.9. The minimum Gasteiger partial charge on any atom is -0.394 e. The molecular weight excluding hydrogens is 296 g/mol. The largest absolute Gasteiger partial charge is 0.394 e. The van der Waals surface area contributed by atoms with Gasteiger partial charge in [0.15, 0.2) is 9.84 Å². The van der Waals surface area contributed by atoms with Gasteiger partial charge < -0.3 is 10.0 Å². The van der Waals surface area contributed by atoms with Crippen LogP contribution in [-0.4, -0.2) is 43.9 Å². The molecule has 1 heterocycles. The lowest BCUT2D eigenvalue weighted by Gasteiger charge is -2.27. The SMILES string of the molecule is CC1CCN(c2cccc(S(C)(=O)=O)c2[N+](=O)[O-])C1CO. The van der Waals surface area contributed by atoms with Crippen molar-refractivity contribution in [2.75, 3.05) is 24.3 Å². The number of hydrogen-bond donors (Lipinski definition) is 1. The Balaban J connectivity index is 2.62. The van der Waals surface area contributed by atoms with Crippen molar-refractivity contribution in [2.24, 2.45) is 5.92 Å². The first-order valence-electron chi connectivity index (χ1n) is 6.62. The van der Waals surface area contributed by atoms with Crippen LogP contribution in [0.4, 0.5) is 11.4 Å². The molecule has 1 aromatic rings. The molecule has 2 atom stereocenters. The van der Waals surface area contributed by atoms with Crippen LogP contribution in [0, 0.1) is 16.0 Å². The first-order valence-corrected chi connectivity index (χ1v) is 8.51. The van der Waals surface area contributed by atoms with Crippen LogP contribution in [0.15, 0.2) is 23.1 Å². The van der Waals surface area contributed by atoms with Crippen LogP contribution in [0.2, 0.25) is 0 Å². The van der Waals surface area contributed by atoms with Crippen molar-refractivity contribution in [1.29, 1.82) is 0 Å². The van der Waals surface area contributed by atoms with E-state index in [-0.39, 0.29) is 29.1 Å². The molecule has 0 saturated carbocycles. The predicted molar refractivity (Wildman–Crippen MR) is 78.2 cm³/mol. The molecule has 1 N–H and O–H groups in total. The van der Waals surface area contributed by atoms with Gasteiger partial charge in [-0.2, -0.15) is 0 Å². The molecule has 2 rings (SSSR count). The van der Waals surface area contributed by atoms with Crippen molar-refractivity contribution >= 4 is 21.2 Å². The van der Waals surface area contributed by atoms with Gasteiger partial charge in [-0.1, -0.05) is 13.0 Å². The molecule has 2 unspecified atom stereocenters. The highest BCUT2D eigenvalue weighted by molar-refractivity contribution is 7.90. The molecule has 0 bridgehead atoms. The summed E-state index contributed by atoms with van der Waals surface area (Å²) in [6.45, 7) is 2.40. The van der Waals surface area contributed by atoms with E-state index in [9.17, 15) is 23.6 Å². The second kappa shape index (κ2) is 5.61. The summed E-state index contributed by atoms with van der Waals surface area (Å²) in [5.41, 5.74) is -0.154. The van der Waals surface area contributed by atoms with Gasteiger partial charge in [-0.3, -0.25) is 10.1 Å². The summed E-state index contributed by atoms with van der Waals surface area (Å²) >= 11 is 0. The van der Waals surface area contributed by atoms with Crippen LogP contribution in [0.1, 0.15) is 13.3 Å². The zero-order valence-corrected chi connectivity index (χ0v) is 12.7. The summed E-state index contributed by atoms with van der Waals surface area (Å²) < 4.78 is 23.5. The Morgan fingerprint density at radius 1 is 1.48 bits per heavy atom. The minimum atomic E-state index is -3.70. The fourth-order valence-electron chi connectivity index (χ4n) is 2.81. The second-order valence-electron chi connectivity index (χ2n) is 5.36. The molecule has 1 saturated heterocycles. The maximum atomic E-state index is 11.8. The Hall–Kier alpha value is -1.67. The van der Waals surface area contributed by atoms with Crippen molar-refractivity contribution in [3.05, 3.63) is 28.3 Å². The van der Waals surface area contributed by atoms with Crippen molar-refractivity contribution in [3.63, 3.8) is 0 Å². The Morgan fingerprint density at radius 3 is 2.67 bits per heavy atom. The first-order chi connectivity index (χ1) is 9.77. The molecule has 7 nitrogen and oxygen atoms in total. The van der Waals surface area contributed by atoms with E-state index >= 15 is 0 Å². The molecule has 21 heavy (non-hydrogen) atoms. The van der Waals surface area contributed by atoms with Gasteiger partial charge in [0.05, 0.1) is 17.6 Å². The van der Waals surface area contributed by atoms with Crippen LogP contribution in [0.5, 0.6) is 0 Å². The molecule has 1 aromatic carbocycles. The van der Waals surface area contributed by atoms with Crippen molar-refractivity contribution in [1.82, 2.24) is 0 Å². The second-order valence-corrected chi connectivity index (χ2v) is 7.35. The smallest absolute Gasteiger partial charge is 0.311 e. The highest BCUT2D eigenvalue weighted by atomic mass is 32.2. The topological polar surface area (TPSA) is 101 Å². The van der Waals surface area contributed by atoms with Crippen LogP contribution < -0.4 is 4.90 Å². The number of anilines is 1. The third-order valence-corrected chi connectivity index (χ3v) is 5.07. The molecule has 1 aliphatic rings. The minimum absolute atomic E-state index is 0.124. The Kier molecular flexibility index (Phi) is 4.20. The molecule has 0 amide bonds. The maximum absolute atomic E-state index is 11.8. The standard InChI is InChI=1S/C13H18N2O5S/c1-9-6-7-14(11(9)8-16)10-4-3-5-12(21(2,19)20)13(10)15(17)18/h3-5,9,11,16H,6-8H2,1-2H3.